The van der Waals surface area contributed by atoms with E-state index in [0.29, 0.717) is 37.1 Å². The summed E-state index contributed by atoms with van der Waals surface area (Å²) in [6.45, 7) is 1.16. The zero-order valence-corrected chi connectivity index (χ0v) is 11.1. The quantitative estimate of drug-likeness (QED) is 0.743. The lowest BCUT2D eigenvalue weighted by Gasteiger charge is -2.29. The number of aliphatic hydroxyl groups excluding tert-OH is 1. The van der Waals surface area contributed by atoms with Crippen LogP contribution in [0.15, 0.2) is 18.2 Å². The molecule has 3 N–H and O–H groups in total. The maximum atomic E-state index is 13.3. The second kappa shape index (κ2) is 6.51. The van der Waals surface area contributed by atoms with Crippen molar-refractivity contribution < 1.29 is 14.3 Å². The zero-order valence-electron chi connectivity index (χ0n) is 11.1. The van der Waals surface area contributed by atoms with E-state index in [9.17, 15) is 14.3 Å². The minimum absolute atomic E-state index is 0.153. The number of benzene rings is 1. The number of aliphatic hydroxyl groups is 1. The van der Waals surface area contributed by atoms with Gasteiger partial charge in [-0.15, -0.1) is 0 Å². The average Bonchev–Trinajstić information content (AvgIpc) is 2.45. The lowest BCUT2D eigenvalue weighted by Crippen LogP contribution is -2.40. The van der Waals surface area contributed by atoms with E-state index >= 15 is 0 Å². The fourth-order valence-corrected chi connectivity index (χ4v) is 2.19. The lowest BCUT2D eigenvalue weighted by molar-refractivity contribution is 0.0546. The van der Waals surface area contributed by atoms with Gasteiger partial charge in [0.2, 0.25) is 0 Å². The van der Waals surface area contributed by atoms with Crippen LogP contribution in [0.2, 0.25) is 0 Å². The van der Waals surface area contributed by atoms with Crippen molar-refractivity contribution in [2.75, 3.05) is 19.6 Å². The van der Waals surface area contributed by atoms with Crippen LogP contribution in [0, 0.1) is 17.7 Å². The lowest BCUT2D eigenvalue weighted by atomic mass is 10.0. The summed E-state index contributed by atoms with van der Waals surface area (Å²) < 4.78 is 13.3. The van der Waals surface area contributed by atoms with Gasteiger partial charge in [-0.2, -0.15) is 0 Å². The molecular formula is C15H17FN2O2. The number of piperidine rings is 1. The van der Waals surface area contributed by atoms with Crippen LogP contribution < -0.4 is 5.73 Å². The van der Waals surface area contributed by atoms with Crippen LogP contribution in [-0.4, -0.2) is 41.7 Å². The Balaban J connectivity index is 2.25. The molecule has 1 aliphatic rings. The van der Waals surface area contributed by atoms with Gasteiger partial charge >= 0.3 is 0 Å². The Bertz CT molecular complexity index is 555. The Morgan fingerprint density at radius 1 is 1.45 bits per heavy atom. The van der Waals surface area contributed by atoms with Gasteiger partial charge in [-0.05, 0) is 31.0 Å². The number of rotatable bonds is 1. The van der Waals surface area contributed by atoms with E-state index in [2.05, 4.69) is 11.8 Å². The molecule has 1 aromatic rings. The van der Waals surface area contributed by atoms with Gasteiger partial charge < -0.3 is 15.7 Å². The topological polar surface area (TPSA) is 66.6 Å². The molecule has 0 radical (unpaired) electrons. The number of hydrogen-bond donors (Lipinski definition) is 2. The van der Waals surface area contributed by atoms with E-state index in [1.54, 1.807) is 4.90 Å². The molecule has 20 heavy (non-hydrogen) atoms. The van der Waals surface area contributed by atoms with Crippen LogP contribution in [0.25, 0.3) is 0 Å². The summed E-state index contributed by atoms with van der Waals surface area (Å²) in [5, 5.41) is 9.46. The fourth-order valence-electron chi connectivity index (χ4n) is 2.19. The van der Waals surface area contributed by atoms with Crippen LogP contribution >= 0.6 is 0 Å². The third-order valence-electron chi connectivity index (χ3n) is 3.29. The monoisotopic (exact) mass is 276 g/mol. The Labute approximate surface area is 117 Å². The molecular weight excluding hydrogens is 259 g/mol. The molecule has 4 nitrogen and oxygen atoms in total. The van der Waals surface area contributed by atoms with E-state index in [-0.39, 0.29) is 18.6 Å². The van der Waals surface area contributed by atoms with Gasteiger partial charge in [-0.3, -0.25) is 4.79 Å². The first-order valence-electron chi connectivity index (χ1n) is 6.57. The van der Waals surface area contributed by atoms with Gasteiger partial charge in [-0.25, -0.2) is 4.39 Å². The Morgan fingerprint density at radius 2 is 2.15 bits per heavy atom. The van der Waals surface area contributed by atoms with Crippen LogP contribution in [0.3, 0.4) is 0 Å². The van der Waals surface area contributed by atoms with Crippen molar-refractivity contribution in [3.63, 3.8) is 0 Å². The molecule has 0 aromatic heterocycles. The van der Waals surface area contributed by atoms with E-state index in [0.717, 1.165) is 0 Å². The summed E-state index contributed by atoms with van der Waals surface area (Å²) in [7, 11) is 0. The molecule has 0 atom stereocenters. The molecule has 1 fully saturated rings. The first kappa shape index (κ1) is 14.5. The van der Waals surface area contributed by atoms with E-state index in [1.807, 2.05) is 0 Å². The first-order valence-corrected chi connectivity index (χ1v) is 6.57. The number of amides is 1. The van der Waals surface area contributed by atoms with Crippen molar-refractivity contribution in [2.24, 2.45) is 5.73 Å². The molecule has 0 bridgehead atoms. The number of halogens is 1. The molecule has 1 heterocycles. The fraction of sp³-hybridized carbons (Fsp3) is 0.400. The maximum Gasteiger partial charge on any atom is 0.255 e. The Hall–Kier alpha value is -1.90. The smallest absolute Gasteiger partial charge is 0.255 e. The highest BCUT2D eigenvalue weighted by molar-refractivity contribution is 5.96. The molecule has 1 aromatic carbocycles. The molecule has 0 aliphatic carbocycles. The van der Waals surface area contributed by atoms with Gasteiger partial charge in [-0.1, -0.05) is 11.8 Å². The standard InChI is InChI=1S/C15H17FN2O2/c16-12-3-4-14(11(10-12)2-1-7-17)15(20)18-8-5-13(19)6-9-18/h3-4,10,13,19H,5-9,17H2. The number of carbonyl (C=O) groups is 1. The summed E-state index contributed by atoms with van der Waals surface area (Å²) in [6, 6.07) is 3.94. The summed E-state index contributed by atoms with van der Waals surface area (Å²) in [6.07, 6.45) is 0.789. The summed E-state index contributed by atoms with van der Waals surface area (Å²) in [5.74, 6) is 4.75. The first-order chi connectivity index (χ1) is 9.61. The number of nitrogens with zero attached hydrogens (tertiary/aromatic N) is 1. The number of hydrogen-bond acceptors (Lipinski definition) is 3. The zero-order chi connectivity index (χ0) is 14.5. The van der Waals surface area contributed by atoms with Gasteiger partial charge in [0.25, 0.3) is 5.91 Å². The van der Waals surface area contributed by atoms with Crippen molar-refractivity contribution in [1.82, 2.24) is 4.90 Å². The second-order valence-electron chi connectivity index (χ2n) is 4.72. The third-order valence-corrected chi connectivity index (χ3v) is 3.29. The van der Waals surface area contributed by atoms with Crippen molar-refractivity contribution in [2.45, 2.75) is 18.9 Å². The van der Waals surface area contributed by atoms with Crippen molar-refractivity contribution >= 4 is 5.91 Å². The average molecular weight is 276 g/mol. The predicted molar refractivity (Wildman–Crippen MR) is 73.5 cm³/mol. The molecule has 5 heteroatoms. The van der Waals surface area contributed by atoms with Gasteiger partial charge in [0.15, 0.2) is 0 Å². The third kappa shape index (κ3) is 3.35. The Morgan fingerprint density at radius 3 is 2.80 bits per heavy atom. The largest absolute Gasteiger partial charge is 0.393 e. The van der Waals surface area contributed by atoms with Crippen LogP contribution in [0.4, 0.5) is 4.39 Å². The van der Waals surface area contributed by atoms with Gasteiger partial charge in [0.05, 0.1) is 18.2 Å². The second-order valence-corrected chi connectivity index (χ2v) is 4.72. The highest BCUT2D eigenvalue weighted by Gasteiger charge is 2.23. The molecule has 1 aliphatic heterocycles. The van der Waals surface area contributed by atoms with Crippen molar-refractivity contribution in [1.29, 1.82) is 0 Å². The van der Waals surface area contributed by atoms with Crippen LogP contribution in [0.1, 0.15) is 28.8 Å². The number of carbonyl (C=O) groups excluding carboxylic acids is 1. The molecule has 1 amide bonds. The maximum absolute atomic E-state index is 13.3. The van der Waals surface area contributed by atoms with Crippen molar-refractivity contribution in [3.8, 4) is 11.8 Å². The predicted octanol–water partition coefficient (Wildman–Crippen LogP) is 0.733. The Kier molecular flexibility index (Phi) is 4.72. The minimum atomic E-state index is -0.433. The normalized spacial score (nSPS) is 15.7. The minimum Gasteiger partial charge on any atom is -0.393 e. The molecule has 0 saturated carbocycles. The highest BCUT2D eigenvalue weighted by Crippen LogP contribution is 2.17. The van der Waals surface area contributed by atoms with Gasteiger partial charge in [0.1, 0.15) is 5.82 Å². The molecule has 1 saturated heterocycles. The summed E-state index contributed by atoms with van der Waals surface area (Å²) >= 11 is 0. The number of nitrogens with two attached hydrogens (primary N) is 1. The van der Waals surface area contributed by atoms with Crippen LogP contribution in [-0.2, 0) is 0 Å². The van der Waals surface area contributed by atoms with Crippen LogP contribution in [0.5, 0.6) is 0 Å². The molecule has 0 unspecified atom stereocenters. The summed E-state index contributed by atoms with van der Waals surface area (Å²) in [5.41, 5.74) is 6.04. The summed E-state index contributed by atoms with van der Waals surface area (Å²) in [4.78, 5) is 14.1. The van der Waals surface area contributed by atoms with Gasteiger partial charge in [0, 0.05) is 18.7 Å². The van der Waals surface area contributed by atoms with E-state index in [4.69, 9.17) is 5.73 Å². The van der Waals surface area contributed by atoms with Crippen molar-refractivity contribution in [3.05, 3.63) is 35.1 Å². The molecule has 2 rings (SSSR count). The number of likely N-dealkylation sites (tertiary alicyclic amines) is 1. The molecule has 106 valence electrons. The molecule has 0 spiro atoms. The van der Waals surface area contributed by atoms with E-state index < -0.39 is 5.82 Å². The van der Waals surface area contributed by atoms with E-state index in [1.165, 1.54) is 18.2 Å². The highest BCUT2D eigenvalue weighted by atomic mass is 19.1. The SMILES string of the molecule is NCC#Cc1cc(F)ccc1C(=O)N1CCC(O)CC1.